The minimum Gasteiger partial charge on any atom is -0.482 e. The lowest BCUT2D eigenvalue weighted by molar-refractivity contribution is -0.120. The molecule has 104 valence electrons. The summed E-state index contributed by atoms with van der Waals surface area (Å²) >= 11 is 0. The van der Waals surface area contributed by atoms with Gasteiger partial charge in [0, 0.05) is 13.6 Å². The topological polar surface area (TPSA) is 75.7 Å². The summed E-state index contributed by atoms with van der Waals surface area (Å²) in [5, 5.41) is 0. The lowest BCUT2D eigenvalue weighted by atomic mass is 10.2. The van der Waals surface area contributed by atoms with Crippen LogP contribution < -0.4 is 14.4 Å². The fourth-order valence-electron chi connectivity index (χ4n) is 1.74. The van der Waals surface area contributed by atoms with Crippen LogP contribution in [0.25, 0.3) is 0 Å². The van der Waals surface area contributed by atoms with Gasteiger partial charge in [-0.05, 0) is 24.6 Å². The Labute approximate surface area is 112 Å². The van der Waals surface area contributed by atoms with E-state index in [1.165, 1.54) is 17.0 Å². The Morgan fingerprint density at radius 2 is 2.16 bits per heavy atom. The number of likely N-dealkylation sites (N-methyl/N-ethyl adjacent to an activating group) is 1. The largest absolute Gasteiger partial charge is 0.482 e. The molecule has 0 saturated carbocycles. The van der Waals surface area contributed by atoms with Crippen LogP contribution in [0.5, 0.6) is 5.75 Å². The third kappa shape index (κ3) is 2.71. The monoisotopic (exact) mass is 284 g/mol. The number of hydrogen-bond donors (Lipinski definition) is 1. The summed E-state index contributed by atoms with van der Waals surface area (Å²) < 4.78 is 31.8. The number of rotatable bonds is 4. The van der Waals surface area contributed by atoms with Crippen LogP contribution in [0.4, 0.5) is 5.69 Å². The first-order valence-corrected chi connectivity index (χ1v) is 7.47. The Bertz CT molecular complexity index is 598. The molecule has 6 nitrogen and oxygen atoms in total. The van der Waals surface area contributed by atoms with E-state index < -0.39 is 10.0 Å². The molecule has 2 rings (SSSR count). The highest BCUT2D eigenvalue weighted by molar-refractivity contribution is 7.89. The van der Waals surface area contributed by atoms with Gasteiger partial charge in [-0.1, -0.05) is 6.92 Å². The Hall–Kier alpha value is -1.60. The van der Waals surface area contributed by atoms with Crippen molar-refractivity contribution in [3.63, 3.8) is 0 Å². The van der Waals surface area contributed by atoms with Crippen molar-refractivity contribution in [1.82, 2.24) is 4.72 Å². The quantitative estimate of drug-likeness (QED) is 0.884. The van der Waals surface area contributed by atoms with Gasteiger partial charge in [0.1, 0.15) is 5.75 Å². The number of nitrogens with zero attached hydrogens (tertiary/aromatic N) is 1. The number of ether oxygens (including phenoxy) is 1. The van der Waals surface area contributed by atoms with Gasteiger partial charge >= 0.3 is 0 Å². The maximum Gasteiger partial charge on any atom is 0.264 e. The van der Waals surface area contributed by atoms with Gasteiger partial charge in [0.2, 0.25) is 10.0 Å². The first-order valence-electron chi connectivity index (χ1n) is 5.99. The molecule has 1 heterocycles. The first kappa shape index (κ1) is 13.8. The molecule has 0 aromatic heterocycles. The zero-order valence-corrected chi connectivity index (χ0v) is 11.7. The maximum absolute atomic E-state index is 12.0. The predicted octanol–water partition coefficient (Wildman–Crippen LogP) is 0.730. The van der Waals surface area contributed by atoms with E-state index in [9.17, 15) is 13.2 Å². The van der Waals surface area contributed by atoms with Crippen LogP contribution in [0.1, 0.15) is 13.3 Å². The SMILES string of the molecule is CCCNS(=O)(=O)c1ccc2c(c1)N(C)C(=O)CO2. The van der Waals surface area contributed by atoms with Crippen LogP contribution >= 0.6 is 0 Å². The minimum absolute atomic E-state index is 0.0241. The third-order valence-electron chi connectivity index (χ3n) is 2.87. The molecule has 1 amide bonds. The van der Waals surface area contributed by atoms with Crippen LogP contribution in [0.3, 0.4) is 0 Å². The van der Waals surface area contributed by atoms with Gasteiger partial charge in [0.05, 0.1) is 10.6 Å². The summed E-state index contributed by atoms with van der Waals surface area (Å²) in [6.07, 6.45) is 0.714. The molecular formula is C12H16N2O4S. The Morgan fingerprint density at radius 1 is 1.42 bits per heavy atom. The number of sulfonamides is 1. The van der Waals surface area contributed by atoms with Crippen molar-refractivity contribution in [3.8, 4) is 5.75 Å². The molecule has 0 aliphatic carbocycles. The van der Waals surface area contributed by atoms with Gasteiger partial charge in [-0.25, -0.2) is 13.1 Å². The molecule has 1 N–H and O–H groups in total. The fraction of sp³-hybridized carbons (Fsp3) is 0.417. The summed E-state index contributed by atoms with van der Waals surface area (Å²) in [7, 11) is -1.94. The number of hydrogen-bond acceptors (Lipinski definition) is 4. The van der Waals surface area contributed by atoms with Crippen molar-refractivity contribution in [2.24, 2.45) is 0 Å². The van der Waals surface area contributed by atoms with E-state index in [-0.39, 0.29) is 17.4 Å². The number of fused-ring (bicyclic) bond motifs is 1. The minimum atomic E-state index is -3.54. The van der Waals surface area contributed by atoms with E-state index >= 15 is 0 Å². The van der Waals surface area contributed by atoms with E-state index in [0.717, 1.165) is 0 Å². The third-order valence-corrected chi connectivity index (χ3v) is 4.33. The Kier molecular flexibility index (Phi) is 3.77. The van der Waals surface area contributed by atoms with Gasteiger partial charge < -0.3 is 9.64 Å². The summed E-state index contributed by atoms with van der Waals surface area (Å²) in [6, 6.07) is 4.49. The fourth-order valence-corrected chi connectivity index (χ4v) is 2.89. The lowest BCUT2D eigenvalue weighted by Gasteiger charge is -2.26. The Balaban J connectivity index is 2.38. The molecule has 0 fully saturated rings. The average Bonchev–Trinajstić information content (AvgIpc) is 2.40. The second-order valence-corrected chi connectivity index (χ2v) is 6.04. The van der Waals surface area contributed by atoms with Crippen LogP contribution in [0, 0.1) is 0 Å². The Morgan fingerprint density at radius 3 is 2.84 bits per heavy atom. The molecule has 1 aromatic rings. The van der Waals surface area contributed by atoms with E-state index in [2.05, 4.69) is 4.72 Å². The van der Waals surface area contributed by atoms with Crippen molar-refractivity contribution in [2.45, 2.75) is 18.2 Å². The van der Waals surface area contributed by atoms with E-state index in [0.29, 0.717) is 24.4 Å². The van der Waals surface area contributed by atoms with Gasteiger partial charge in [-0.2, -0.15) is 0 Å². The normalized spacial score (nSPS) is 15.1. The molecular weight excluding hydrogens is 268 g/mol. The lowest BCUT2D eigenvalue weighted by Crippen LogP contribution is -2.35. The van der Waals surface area contributed by atoms with Crippen LogP contribution in [-0.2, 0) is 14.8 Å². The second kappa shape index (κ2) is 5.18. The van der Waals surface area contributed by atoms with Crippen molar-refractivity contribution >= 4 is 21.6 Å². The van der Waals surface area contributed by atoms with Crippen molar-refractivity contribution in [1.29, 1.82) is 0 Å². The number of amides is 1. The summed E-state index contributed by atoms with van der Waals surface area (Å²) in [5.41, 5.74) is 0.468. The smallest absolute Gasteiger partial charge is 0.264 e. The van der Waals surface area contributed by atoms with Crippen LogP contribution in [0.2, 0.25) is 0 Å². The maximum atomic E-state index is 12.0. The molecule has 0 spiro atoms. The van der Waals surface area contributed by atoms with Gasteiger partial charge in [0.15, 0.2) is 6.61 Å². The zero-order chi connectivity index (χ0) is 14.0. The van der Waals surface area contributed by atoms with Crippen LogP contribution in [-0.4, -0.2) is 34.5 Å². The standard InChI is InChI=1S/C12H16N2O4S/c1-3-6-13-19(16,17)9-4-5-11-10(7-9)14(2)12(15)8-18-11/h4-5,7,13H,3,6,8H2,1-2H3. The summed E-state index contributed by atoms with van der Waals surface area (Å²) in [4.78, 5) is 13.1. The molecule has 1 aliphatic rings. The van der Waals surface area contributed by atoms with Crippen molar-refractivity contribution in [2.75, 3.05) is 25.1 Å². The number of carbonyl (C=O) groups excluding carboxylic acids is 1. The molecule has 0 radical (unpaired) electrons. The molecule has 0 atom stereocenters. The average molecular weight is 284 g/mol. The van der Waals surface area contributed by atoms with Crippen LogP contribution in [0.15, 0.2) is 23.1 Å². The summed E-state index contributed by atoms with van der Waals surface area (Å²) in [6.45, 7) is 2.24. The number of carbonyl (C=O) groups is 1. The molecule has 1 aromatic carbocycles. The zero-order valence-electron chi connectivity index (χ0n) is 10.8. The second-order valence-electron chi connectivity index (χ2n) is 4.27. The van der Waals surface area contributed by atoms with E-state index in [1.807, 2.05) is 6.92 Å². The molecule has 19 heavy (non-hydrogen) atoms. The van der Waals surface area contributed by atoms with Gasteiger partial charge in [0.25, 0.3) is 5.91 Å². The van der Waals surface area contributed by atoms with Crippen molar-refractivity contribution in [3.05, 3.63) is 18.2 Å². The molecule has 0 unspecified atom stereocenters. The van der Waals surface area contributed by atoms with E-state index in [4.69, 9.17) is 4.74 Å². The van der Waals surface area contributed by atoms with Gasteiger partial charge in [-0.15, -0.1) is 0 Å². The summed E-state index contributed by atoms with van der Waals surface area (Å²) in [5.74, 6) is 0.306. The molecule has 7 heteroatoms. The highest BCUT2D eigenvalue weighted by Crippen LogP contribution is 2.33. The number of nitrogens with one attached hydrogen (secondary N) is 1. The number of anilines is 1. The molecule has 0 bridgehead atoms. The van der Waals surface area contributed by atoms with Crippen molar-refractivity contribution < 1.29 is 17.9 Å². The van der Waals surface area contributed by atoms with E-state index in [1.54, 1.807) is 13.1 Å². The predicted molar refractivity (Wildman–Crippen MR) is 70.8 cm³/mol. The highest BCUT2D eigenvalue weighted by atomic mass is 32.2. The highest BCUT2D eigenvalue weighted by Gasteiger charge is 2.24. The number of benzene rings is 1. The molecule has 0 saturated heterocycles. The first-order chi connectivity index (χ1) is 8.95. The molecule has 1 aliphatic heterocycles. The van der Waals surface area contributed by atoms with Gasteiger partial charge in [-0.3, -0.25) is 4.79 Å².